The van der Waals surface area contributed by atoms with Gasteiger partial charge in [0.1, 0.15) is 0 Å². The van der Waals surface area contributed by atoms with Crippen molar-refractivity contribution in [2.75, 3.05) is 13.6 Å². The fraction of sp³-hybridized carbons (Fsp3) is 0.938. The Morgan fingerprint density at radius 2 is 1.80 bits per heavy atom. The van der Waals surface area contributed by atoms with Gasteiger partial charge in [0.05, 0.1) is 12.1 Å². The highest BCUT2D eigenvalue weighted by Crippen LogP contribution is 2.33. The zero-order valence-corrected chi connectivity index (χ0v) is 13.4. The van der Waals surface area contributed by atoms with Crippen LogP contribution in [0.2, 0.25) is 0 Å². The number of rotatable bonds is 5. The number of hydrogen-bond acceptors (Lipinski definition) is 3. The number of aliphatic hydroxyl groups is 1. The summed E-state index contributed by atoms with van der Waals surface area (Å²) in [6.07, 6.45) is 5.44. The molecule has 2 fully saturated rings. The first-order valence-corrected chi connectivity index (χ1v) is 8.12. The van der Waals surface area contributed by atoms with Gasteiger partial charge in [-0.05, 0) is 65.8 Å². The van der Waals surface area contributed by atoms with E-state index in [1.165, 1.54) is 6.42 Å². The highest BCUT2D eigenvalue weighted by atomic mass is 16.3. The van der Waals surface area contributed by atoms with Gasteiger partial charge in [0.25, 0.3) is 0 Å². The third-order valence-electron chi connectivity index (χ3n) is 5.11. The molecular formula is C16H30N2O2. The summed E-state index contributed by atoms with van der Waals surface area (Å²) in [7, 11) is 1.95. The molecule has 116 valence electrons. The molecule has 4 atom stereocenters. The maximum atomic E-state index is 12.7. The largest absolute Gasteiger partial charge is 0.392 e. The third kappa shape index (κ3) is 3.53. The quantitative estimate of drug-likeness (QED) is 0.837. The first kappa shape index (κ1) is 15.8. The average molecular weight is 282 g/mol. The maximum Gasteiger partial charge on any atom is 0.240 e. The van der Waals surface area contributed by atoms with Crippen molar-refractivity contribution in [3.63, 3.8) is 0 Å². The summed E-state index contributed by atoms with van der Waals surface area (Å²) in [5.74, 6) is 0.683. The Kier molecular flexibility index (Phi) is 5.08. The smallest absolute Gasteiger partial charge is 0.240 e. The van der Waals surface area contributed by atoms with E-state index in [2.05, 4.69) is 18.7 Å². The van der Waals surface area contributed by atoms with Gasteiger partial charge < -0.3 is 10.0 Å². The molecule has 4 nitrogen and oxygen atoms in total. The standard InChI is InChI=1S/C16H30N2O2/c1-11-6-5-7-12(2)18(11)16(20)13(3)17(4)10-15(19)14-8-9-14/h11-15,19H,5-10H2,1-4H3. The predicted octanol–water partition coefficient (Wildman–Crippen LogP) is 1.87. The zero-order chi connectivity index (χ0) is 14.9. The average Bonchev–Trinajstić information content (AvgIpc) is 3.21. The van der Waals surface area contributed by atoms with Gasteiger partial charge >= 0.3 is 0 Å². The van der Waals surface area contributed by atoms with Gasteiger partial charge in [0, 0.05) is 18.6 Å². The van der Waals surface area contributed by atoms with Crippen molar-refractivity contribution in [1.29, 1.82) is 0 Å². The maximum absolute atomic E-state index is 12.7. The number of amides is 1. The van der Waals surface area contributed by atoms with Crippen molar-refractivity contribution in [3.8, 4) is 0 Å². The SMILES string of the molecule is CC(C(=O)N1C(C)CCCC1C)N(C)CC(O)C1CC1. The molecule has 0 bridgehead atoms. The molecule has 1 aliphatic heterocycles. The van der Waals surface area contributed by atoms with Crippen LogP contribution < -0.4 is 0 Å². The Balaban J connectivity index is 1.92. The molecule has 1 saturated heterocycles. The topological polar surface area (TPSA) is 43.8 Å². The van der Waals surface area contributed by atoms with Gasteiger partial charge in [0.2, 0.25) is 5.91 Å². The van der Waals surface area contributed by atoms with Crippen LogP contribution in [0.3, 0.4) is 0 Å². The highest BCUT2D eigenvalue weighted by molar-refractivity contribution is 5.82. The van der Waals surface area contributed by atoms with Crippen molar-refractivity contribution < 1.29 is 9.90 Å². The fourth-order valence-electron chi connectivity index (χ4n) is 3.34. The summed E-state index contributed by atoms with van der Waals surface area (Å²) >= 11 is 0. The minimum absolute atomic E-state index is 0.147. The van der Waals surface area contributed by atoms with E-state index in [0.717, 1.165) is 25.7 Å². The lowest BCUT2D eigenvalue weighted by molar-refractivity contribution is -0.142. The van der Waals surface area contributed by atoms with E-state index >= 15 is 0 Å². The van der Waals surface area contributed by atoms with Gasteiger partial charge in [-0.25, -0.2) is 0 Å². The Morgan fingerprint density at radius 1 is 1.25 bits per heavy atom. The minimum Gasteiger partial charge on any atom is -0.392 e. The summed E-state index contributed by atoms with van der Waals surface area (Å²) in [4.78, 5) is 16.8. The molecule has 0 spiro atoms. The molecule has 0 aromatic heterocycles. The summed E-state index contributed by atoms with van der Waals surface area (Å²) in [5, 5.41) is 10.0. The number of carbonyl (C=O) groups is 1. The lowest BCUT2D eigenvalue weighted by Gasteiger charge is -2.42. The van der Waals surface area contributed by atoms with Crippen LogP contribution >= 0.6 is 0 Å². The van der Waals surface area contributed by atoms with Gasteiger partial charge in [-0.1, -0.05) is 0 Å². The molecule has 1 aliphatic carbocycles. The molecule has 4 unspecified atom stereocenters. The number of nitrogens with zero attached hydrogens (tertiary/aromatic N) is 2. The van der Waals surface area contributed by atoms with Gasteiger partial charge in [-0.2, -0.15) is 0 Å². The lowest BCUT2D eigenvalue weighted by Crippen LogP contribution is -2.54. The van der Waals surface area contributed by atoms with Crippen LogP contribution in [-0.4, -0.2) is 58.6 Å². The summed E-state index contributed by atoms with van der Waals surface area (Å²) in [6.45, 7) is 6.88. The van der Waals surface area contributed by atoms with Crippen LogP contribution in [-0.2, 0) is 4.79 Å². The molecule has 4 heteroatoms. The predicted molar refractivity (Wildman–Crippen MR) is 80.4 cm³/mol. The zero-order valence-electron chi connectivity index (χ0n) is 13.4. The molecular weight excluding hydrogens is 252 g/mol. The summed E-state index contributed by atoms with van der Waals surface area (Å²) < 4.78 is 0. The van der Waals surface area contributed by atoms with Crippen LogP contribution in [0.5, 0.6) is 0 Å². The van der Waals surface area contributed by atoms with Crippen LogP contribution in [0, 0.1) is 5.92 Å². The lowest BCUT2D eigenvalue weighted by atomic mass is 9.96. The molecule has 2 rings (SSSR count). The van der Waals surface area contributed by atoms with Crippen molar-refractivity contribution in [2.24, 2.45) is 5.92 Å². The minimum atomic E-state index is -0.272. The van der Waals surface area contributed by atoms with Crippen LogP contribution in [0.4, 0.5) is 0 Å². The second-order valence-electron chi connectivity index (χ2n) is 6.89. The summed E-state index contributed by atoms with van der Waals surface area (Å²) in [6, 6.07) is 0.539. The van der Waals surface area contributed by atoms with E-state index in [4.69, 9.17) is 0 Å². The second kappa shape index (κ2) is 6.44. The van der Waals surface area contributed by atoms with E-state index in [-0.39, 0.29) is 18.1 Å². The Labute approximate surface area is 123 Å². The fourth-order valence-corrected chi connectivity index (χ4v) is 3.34. The number of hydrogen-bond donors (Lipinski definition) is 1. The monoisotopic (exact) mass is 282 g/mol. The van der Waals surface area contributed by atoms with Gasteiger partial charge in [-0.3, -0.25) is 9.69 Å². The molecule has 0 aromatic rings. The van der Waals surface area contributed by atoms with Crippen LogP contribution in [0.25, 0.3) is 0 Å². The summed E-state index contributed by atoms with van der Waals surface area (Å²) in [5.41, 5.74) is 0. The van der Waals surface area contributed by atoms with E-state index in [1.54, 1.807) is 0 Å². The molecule has 1 saturated carbocycles. The molecule has 2 aliphatic rings. The van der Waals surface area contributed by atoms with Crippen LogP contribution in [0.1, 0.15) is 52.9 Å². The highest BCUT2D eigenvalue weighted by Gasteiger charge is 2.35. The van der Waals surface area contributed by atoms with Crippen molar-refractivity contribution >= 4 is 5.91 Å². The molecule has 0 aromatic carbocycles. The molecule has 1 N–H and O–H groups in total. The van der Waals surface area contributed by atoms with Crippen LogP contribution in [0.15, 0.2) is 0 Å². The van der Waals surface area contributed by atoms with E-state index in [1.807, 2.05) is 18.9 Å². The number of carbonyl (C=O) groups excluding carboxylic acids is 1. The Hall–Kier alpha value is -0.610. The van der Waals surface area contributed by atoms with Gasteiger partial charge in [-0.15, -0.1) is 0 Å². The van der Waals surface area contributed by atoms with Crippen molar-refractivity contribution in [1.82, 2.24) is 9.80 Å². The Bertz CT molecular complexity index is 333. The van der Waals surface area contributed by atoms with E-state index < -0.39 is 0 Å². The molecule has 1 amide bonds. The first-order valence-electron chi connectivity index (χ1n) is 8.12. The number of aliphatic hydroxyl groups excluding tert-OH is 1. The number of piperidine rings is 1. The number of likely N-dealkylation sites (N-methyl/N-ethyl adjacent to an activating group) is 1. The molecule has 1 heterocycles. The van der Waals surface area contributed by atoms with Crippen molar-refractivity contribution in [2.45, 2.75) is 77.1 Å². The van der Waals surface area contributed by atoms with Gasteiger partial charge in [0.15, 0.2) is 0 Å². The van der Waals surface area contributed by atoms with Crippen molar-refractivity contribution in [3.05, 3.63) is 0 Å². The molecule has 0 radical (unpaired) electrons. The van der Waals surface area contributed by atoms with E-state index in [9.17, 15) is 9.90 Å². The number of likely N-dealkylation sites (tertiary alicyclic amines) is 1. The molecule has 20 heavy (non-hydrogen) atoms. The normalized spacial score (nSPS) is 30.4. The second-order valence-corrected chi connectivity index (χ2v) is 6.89. The third-order valence-corrected chi connectivity index (χ3v) is 5.11. The Morgan fingerprint density at radius 3 is 2.30 bits per heavy atom. The first-order chi connectivity index (χ1) is 9.41. The van der Waals surface area contributed by atoms with E-state index in [0.29, 0.717) is 24.5 Å².